The van der Waals surface area contributed by atoms with Gasteiger partial charge in [-0.3, -0.25) is 0 Å². The van der Waals surface area contributed by atoms with Gasteiger partial charge in [0.05, 0.1) is 16.7 Å². The molecule has 3 nitrogen and oxygen atoms in total. The Labute approximate surface area is 403 Å². The van der Waals surface area contributed by atoms with Crippen molar-refractivity contribution in [1.82, 2.24) is 4.57 Å². The van der Waals surface area contributed by atoms with E-state index in [0.29, 0.717) is 0 Å². The summed E-state index contributed by atoms with van der Waals surface area (Å²) in [6.07, 6.45) is 0. The minimum atomic E-state index is 1.06. The zero-order valence-electron chi connectivity index (χ0n) is 38.0. The summed E-state index contributed by atoms with van der Waals surface area (Å²) in [5, 5.41) is 2.37. The van der Waals surface area contributed by atoms with Crippen LogP contribution in [0.3, 0.4) is 0 Å². The molecule has 12 rings (SSSR count). The van der Waals surface area contributed by atoms with E-state index in [9.17, 15) is 0 Å². The van der Waals surface area contributed by atoms with Crippen LogP contribution in [0, 0.1) is 0 Å². The Morgan fingerprint density at radius 3 is 1.01 bits per heavy atom. The smallest absolute Gasteiger partial charge is 0.0562 e. The molecule has 0 aliphatic heterocycles. The standard InChI is InChI=1S/C66H47N3/c1-5-17-48(18-6-1)52-31-39-56(40-32-52)67(57-41-33-53(34-42-57)49-19-7-2-8-20-49)60-25-15-26-61(47-60)69-63-28-14-13-27-62(63)66-64(29-16-30-65(66)69)68(58-43-35-54(36-44-58)50-21-9-3-10-22-50)59-45-37-55(38-46-59)51-23-11-4-12-24-51/h1-47H. The highest BCUT2D eigenvalue weighted by Crippen LogP contribution is 2.45. The first-order chi connectivity index (χ1) is 34.2. The Kier molecular flexibility index (Phi) is 10.9. The van der Waals surface area contributed by atoms with Crippen molar-refractivity contribution in [2.24, 2.45) is 0 Å². The van der Waals surface area contributed by atoms with Crippen LogP contribution in [-0.2, 0) is 0 Å². The van der Waals surface area contributed by atoms with Crippen molar-refractivity contribution in [3.8, 4) is 50.2 Å². The second-order valence-electron chi connectivity index (χ2n) is 17.4. The van der Waals surface area contributed by atoms with Gasteiger partial charge in [0.15, 0.2) is 0 Å². The number of benzene rings is 11. The van der Waals surface area contributed by atoms with E-state index >= 15 is 0 Å². The zero-order chi connectivity index (χ0) is 45.9. The highest BCUT2D eigenvalue weighted by atomic mass is 15.2. The lowest BCUT2D eigenvalue weighted by Crippen LogP contribution is -2.11. The lowest BCUT2D eigenvalue weighted by Gasteiger charge is -2.27. The SMILES string of the molecule is c1ccc(-c2ccc(N(c3ccc(-c4ccccc4)cc3)c3cccc(-n4c5ccccc5c5c(N(c6ccc(-c7ccccc7)cc6)c6ccc(-c7ccccc7)cc6)cccc54)c3)cc2)cc1. The molecule has 3 heteroatoms. The van der Waals surface area contributed by atoms with Crippen LogP contribution in [-0.4, -0.2) is 4.57 Å². The van der Waals surface area contributed by atoms with E-state index in [0.717, 1.165) is 50.8 Å². The van der Waals surface area contributed by atoms with E-state index in [1.54, 1.807) is 0 Å². The average Bonchev–Trinajstić information content (AvgIpc) is 3.78. The number of fused-ring (bicyclic) bond motifs is 3. The molecule has 0 aliphatic rings. The maximum atomic E-state index is 2.43. The first kappa shape index (κ1) is 41.3. The maximum absolute atomic E-state index is 2.43. The van der Waals surface area contributed by atoms with Gasteiger partial charge in [-0.05, 0) is 129 Å². The van der Waals surface area contributed by atoms with E-state index in [-0.39, 0.29) is 0 Å². The van der Waals surface area contributed by atoms with Crippen molar-refractivity contribution in [3.05, 3.63) is 285 Å². The van der Waals surface area contributed by atoms with Gasteiger partial charge in [-0.15, -0.1) is 0 Å². The van der Waals surface area contributed by atoms with Crippen molar-refractivity contribution >= 4 is 55.9 Å². The van der Waals surface area contributed by atoms with Gasteiger partial charge in [0, 0.05) is 44.9 Å². The van der Waals surface area contributed by atoms with Gasteiger partial charge in [-0.25, -0.2) is 0 Å². The number of anilines is 6. The van der Waals surface area contributed by atoms with Gasteiger partial charge in [0.1, 0.15) is 0 Å². The Morgan fingerprint density at radius 2 is 0.580 bits per heavy atom. The molecule has 1 heterocycles. The van der Waals surface area contributed by atoms with Crippen LogP contribution in [0.25, 0.3) is 72.0 Å². The Balaban J connectivity index is 1.00. The molecule has 0 bridgehead atoms. The fraction of sp³-hybridized carbons (Fsp3) is 0. The van der Waals surface area contributed by atoms with E-state index in [1.165, 1.54) is 55.3 Å². The van der Waals surface area contributed by atoms with E-state index < -0.39 is 0 Å². The fourth-order valence-corrected chi connectivity index (χ4v) is 9.84. The van der Waals surface area contributed by atoms with Crippen molar-refractivity contribution < 1.29 is 0 Å². The van der Waals surface area contributed by atoms with E-state index in [2.05, 4.69) is 299 Å². The predicted octanol–water partition coefficient (Wildman–Crippen LogP) is 18.4. The third-order valence-electron chi connectivity index (χ3n) is 13.2. The van der Waals surface area contributed by atoms with Crippen LogP contribution in [0.4, 0.5) is 34.1 Å². The van der Waals surface area contributed by atoms with Gasteiger partial charge in [-0.1, -0.05) is 200 Å². The van der Waals surface area contributed by atoms with Crippen molar-refractivity contribution in [2.45, 2.75) is 0 Å². The third-order valence-corrected chi connectivity index (χ3v) is 13.2. The Hall–Kier alpha value is -9.18. The van der Waals surface area contributed by atoms with Gasteiger partial charge < -0.3 is 14.4 Å². The molecule has 0 amide bonds. The summed E-state index contributed by atoms with van der Waals surface area (Å²) in [6.45, 7) is 0. The number of nitrogens with zero attached hydrogens (tertiary/aromatic N) is 3. The molecule has 0 fully saturated rings. The molecule has 69 heavy (non-hydrogen) atoms. The summed E-state index contributed by atoms with van der Waals surface area (Å²) in [5.74, 6) is 0. The lowest BCUT2D eigenvalue weighted by molar-refractivity contribution is 1.17. The monoisotopic (exact) mass is 881 g/mol. The summed E-state index contributed by atoms with van der Waals surface area (Å²) in [7, 11) is 0. The molecule has 0 spiro atoms. The van der Waals surface area contributed by atoms with Gasteiger partial charge in [0.2, 0.25) is 0 Å². The minimum Gasteiger partial charge on any atom is -0.310 e. The average molecular weight is 882 g/mol. The van der Waals surface area contributed by atoms with E-state index in [4.69, 9.17) is 0 Å². The summed E-state index contributed by atoms with van der Waals surface area (Å²) in [6, 6.07) is 103. The molecular formula is C66H47N3. The fourth-order valence-electron chi connectivity index (χ4n) is 9.84. The first-order valence-corrected chi connectivity index (χ1v) is 23.6. The first-order valence-electron chi connectivity index (χ1n) is 23.6. The topological polar surface area (TPSA) is 11.4 Å². The molecule has 0 saturated carbocycles. The summed E-state index contributed by atoms with van der Waals surface area (Å²) < 4.78 is 2.43. The molecule has 0 saturated heterocycles. The molecule has 0 radical (unpaired) electrons. The van der Waals surface area contributed by atoms with Crippen molar-refractivity contribution in [2.75, 3.05) is 9.80 Å². The molecule has 0 aliphatic carbocycles. The quantitative estimate of drug-likeness (QED) is 0.128. The number of rotatable bonds is 11. The highest BCUT2D eigenvalue weighted by molar-refractivity contribution is 6.16. The number of aromatic nitrogens is 1. The van der Waals surface area contributed by atoms with Crippen molar-refractivity contribution in [1.29, 1.82) is 0 Å². The molecule has 0 N–H and O–H groups in total. The zero-order valence-corrected chi connectivity index (χ0v) is 38.0. The predicted molar refractivity (Wildman–Crippen MR) is 292 cm³/mol. The van der Waals surface area contributed by atoms with Crippen LogP contribution in [0.15, 0.2) is 285 Å². The minimum absolute atomic E-state index is 1.06. The highest BCUT2D eigenvalue weighted by Gasteiger charge is 2.22. The van der Waals surface area contributed by atoms with E-state index in [1.807, 2.05) is 0 Å². The second kappa shape index (κ2) is 18.2. The van der Waals surface area contributed by atoms with Gasteiger partial charge >= 0.3 is 0 Å². The molecule has 0 atom stereocenters. The van der Waals surface area contributed by atoms with Crippen LogP contribution < -0.4 is 9.80 Å². The second-order valence-corrected chi connectivity index (χ2v) is 17.4. The third kappa shape index (κ3) is 8.03. The molecule has 11 aromatic carbocycles. The van der Waals surface area contributed by atoms with Crippen LogP contribution >= 0.6 is 0 Å². The summed E-state index contributed by atoms with van der Waals surface area (Å²) in [4.78, 5) is 4.78. The Morgan fingerprint density at radius 1 is 0.232 bits per heavy atom. The maximum Gasteiger partial charge on any atom is 0.0562 e. The number of para-hydroxylation sites is 1. The molecular weight excluding hydrogens is 835 g/mol. The molecule has 12 aromatic rings. The largest absolute Gasteiger partial charge is 0.310 e. The molecule has 326 valence electrons. The number of hydrogen-bond acceptors (Lipinski definition) is 2. The Bertz CT molecular complexity index is 3490. The number of hydrogen-bond donors (Lipinski definition) is 0. The van der Waals surface area contributed by atoms with Crippen LogP contribution in [0.2, 0.25) is 0 Å². The molecule has 0 unspecified atom stereocenters. The summed E-state index contributed by atoms with van der Waals surface area (Å²) in [5.41, 5.74) is 19.4. The van der Waals surface area contributed by atoms with Gasteiger partial charge in [0.25, 0.3) is 0 Å². The van der Waals surface area contributed by atoms with Crippen LogP contribution in [0.1, 0.15) is 0 Å². The van der Waals surface area contributed by atoms with Gasteiger partial charge in [-0.2, -0.15) is 0 Å². The van der Waals surface area contributed by atoms with Crippen LogP contribution in [0.5, 0.6) is 0 Å². The summed E-state index contributed by atoms with van der Waals surface area (Å²) >= 11 is 0. The molecule has 1 aromatic heterocycles. The van der Waals surface area contributed by atoms with Crippen molar-refractivity contribution in [3.63, 3.8) is 0 Å². The lowest BCUT2D eigenvalue weighted by atomic mass is 10.0. The normalized spacial score (nSPS) is 11.2.